The molecule has 0 bridgehead atoms. The second-order valence-electron chi connectivity index (χ2n) is 6.26. The number of rotatable bonds is 5. The molecule has 0 radical (unpaired) electrons. The third kappa shape index (κ3) is 3.52. The Labute approximate surface area is 117 Å². The van der Waals surface area contributed by atoms with Crippen LogP contribution in [-0.2, 0) is 0 Å². The second-order valence-corrected chi connectivity index (χ2v) is 6.26. The van der Waals surface area contributed by atoms with Gasteiger partial charge >= 0.3 is 0 Å². The Balaban J connectivity index is 2.08. The minimum absolute atomic E-state index is 0.465. The molecule has 1 N–H and O–H groups in total. The zero-order chi connectivity index (χ0) is 13.8. The minimum Gasteiger partial charge on any atom is -0.353 e. The maximum atomic E-state index is 4.67. The van der Waals surface area contributed by atoms with Crippen molar-refractivity contribution in [1.82, 2.24) is 9.55 Å². The fraction of sp³-hybridized carbons (Fsp3) is 0.812. The van der Waals surface area contributed by atoms with Gasteiger partial charge in [-0.1, -0.05) is 26.2 Å². The summed E-state index contributed by atoms with van der Waals surface area (Å²) in [6, 6.07) is 1.05. The monoisotopic (exact) mass is 263 g/mol. The zero-order valence-corrected chi connectivity index (χ0v) is 12.9. The average Bonchev–Trinajstić information content (AvgIpc) is 2.78. The molecule has 19 heavy (non-hydrogen) atoms. The topological polar surface area (TPSA) is 29.9 Å². The highest BCUT2D eigenvalue weighted by molar-refractivity contribution is 5.31. The van der Waals surface area contributed by atoms with E-state index in [0.717, 1.165) is 17.6 Å². The number of hydrogen-bond donors (Lipinski definition) is 1. The Morgan fingerprint density at radius 2 is 2.00 bits per heavy atom. The van der Waals surface area contributed by atoms with Crippen LogP contribution in [-0.4, -0.2) is 15.6 Å². The summed E-state index contributed by atoms with van der Waals surface area (Å²) in [5.41, 5.74) is 1.11. The van der Waals surface area contributed by atoms with Crippen molar-refractivity contribution in [2.24, 2.45) is 5.92 Å². The molecule has 1 aromatic rings. The molecule has 3 nitrogen and oxygen atoms in total. The van der Waals surface area contributed by atoms with Gasteiger partial charge in [-0.25, -0.2) is 4.98 Å². The Morgan fingerprint density at radius 3 is 2.58 bits per heavy atom. The quantitative estimate of drug-likeness (QED) is 0.845. The number of nitrogens with one attached hydrogen (secondary N) is 1. The van der Waals surface area contributed by atoms with Gasteiger partial charge in [-0.2, -0.15) is 0 Å². The van der Waals surface area contributed by atoms with Gasteiger partial charge < -0.3 is 9.88 Å². The molecular weight excluding hydrogens is 234 g/mol. The molecule has 1 fully saturated rings. The molecule has 1 saturated carbocycles. The largest absolute Gasteiger partial charge is 0.353 e. The zero-order valence-electron chi connectivity index (χ0n) is 12.9. The summed E-state index contributed by atoms with van der Waals surface area (Å²) < 4.78 is 2.26. The molecule has 1 atom stereocenters. The van der Waals surface area contributed by atoms with Crippen LogP contribution in [0.3, 0.4) is 0 Å². The van der Waals surface area contributed by atoms with E-state index in [-0.39, 0.29) is 0 Å². The highest BCUT2D eigenvalue weighted by Crippen LogP contribution is 2.29. The van der Waals surface area contributed by atoms with E-state index in [9.17, 15) is 0 Å². The molecular formula is C16H29N3. The Kier molecular flexibility index (Phi) is 4.89. The van der Waals surface area contributed by atoms with E-state index in [1.54, 1.807) is 0 Å². The number of imidazole rings is 1. The Bertz CT molecular complexity index is 389. The molecule has 1 unspecified atom stereocenters. The lowest BCUT2D eigenvalue weighted by atomic mass is 9.83. The summed E-state index contributed by atoms with van der Waals surface area (Å²) >= 11 is 0. The van der Waals surface area contributed by atoms with Gasteiger partial charge in [-0.05, 0) is 46.0 Å². The predicted octanol–water partition coefficient (Wildman–Crippen LogP) is 4.54. The van der Waals surface area contributed by atoms with Crippen LogP contribution in [0.25, 0.3) is 0 Å². The summed E-state index contributed by atoms with van der Waals surface area (Å²) in [6.07, 6.45) is 10.3. The van der Waals surface area contributed by atoms with E-state index in [4.69, 9.17) is 0 Å². The summed E-state index contributed by atoms with van der Waals surface area (Å²) in [5, 5.41) is 3.72. The summed E-state index contributed by atoms with van der Waals surface area (Å²) in [4.78, 5) is 4.67. The van der Waals surface area contributed by atoms with Crippen molar-refractivity contribution in [2.75, 3.05) is 5.32 Å². The maximum absolute atomic E-state index is 4.67. The van der Waals surface area contributed by atoms with Crippen LogP contribution in [0.1, 0.15) is 71.0 Å². The van der Waals surface area contributed by atoms with Crippen molar-refractivity contribution < 1.29 is 0 Å². The molecule has 1 heterocycles. The van der Waals surface area contributed by atoms with Crippen LogP contribution in [0.5, 0.6) is 0 Å². The van der Waals surface area contributed by atoms with Crippen LogP contribution in [0.4, 0.5) is 5.95 Å². The SMILES string of the molecule is CCC(Nc1nc(C)cn1C(C)C)C1CCCCC1. The molecule has 0 spiro atoms. The van der Waals surface area contributed by atoms with E-state index >= 15 is 0 Å². The summed E-state index contributed by atoms with van der Waals surface area (Å²) in [6.45, 7) is 8.80. The molecule has 0 saturated heterocycles. The highest BCUT2D eigenvalue weighted by Gasteiger charge is 2.23. The van der Waals surface area contributed by atoms with Gasteiger partial charge in [0.2, 0.25) is 5.95 Å². The van der Waals surface area contributed by atoms with Gasteiger partial charge in [-0.15, -0.1) is 0 Å². The molecule has 1 aromatic heterocycles. The third-order valence-electron chi connectivity index (χ3n) is 4.38. The van der Waals surface area contributed by atoms with Crippen molar-refractivity contribution in [3.63, 3.8) is 0 Å². The van der Waals surface area contributed by atoms with Crippen molar-refractivity contribution >= 4 is 5.95 Å². The van der Waals surface area contributed by atoms with Crippen molar-refractivity contribution in [3.05, 3.63) is 11.9 Å². The van der Waals surface area contributed by atoms with E-state index in [1.165, 1.54) is 38.5 Å². The van der Waals surface area contributed by atoms with Crippen molar-refractivity contribution in [1.29, 1.82) is 0 Å². The maximum Gasteiger partial charge on any atom is 0.203 e. The molecule has 1 aliphatic rings. The van der Waals surface area contributed by atoms with Gasteiger partial charge in [0.05, 0.1) is 5.69 Å². The summed E-state index contributed by atoms with van der Waals surface area (Å²) in [7, 11) is 0. The molecule has 0 aromatic carbocycles. The van der Waals surface area contributed by atoms with E-state index in [2.05, 4.69) is 48.8 Å². The normalized spacial score (nSPS) is 18.8. The van der Waals surface area contributed by atoms with Crippen LogP contribution in [0.15, 0.2) is 6.20 Å². The Morgan fingerprint density at radius 1 is 1.32 bits per heavy atom. The lowest BCUT2D eigenvalue weighted by molar-refractivity contribution is 0.311. The standard InChI is InChI=1S/C16H29N3/c1-5-15(14-9-7-6-8-10-14)18-16-17-13(4)11-19(16)12(2)3/h11-12,14-15H,5-10H2,1-4H3,(H,17,18). The first-order chi connectivity index (χ1) is 9.11. The fourth-order valence-corrected chi connectivity index (χ4v) is 3.27. The number of hydrogen-bond acceptors (Lipinski definition) is 2. The molecule has 1 aliphatic carbocycles. The minimum atomic E-state index is 0.465. The molecule has 108 valence electrons. The number of nitrogens with zero attached hydrogens (tertiary/aromatic N) is 2. The highest BCUT2D eigenvalue weighted by atomic mass is 15.2. The number of aromatic nitrogens is 2. The first-order valence-corrected chi connectivity index (χ1v) is 7.93. The summed E-state index contributed by atoms with van der Waals surface area (Å²) in [5.74, 6) is 1.89. The van der Waals surface area contributed by atoms with E-state index < -0.39 is 0 Å². The predicted molar refractivity (Wildman–Crippen MR) is 81.6 cm³/mol. The molecule has 0 amide bonds. The second kappa shape index (κ2) is 6.44. The van der Waals surface area contributed by atoms with Crippen molar-refractivity contribution in [2.45, 2.75) is 78.3 Å². The van der Waals surface area contributed by atoms with Crippen LogP contribution in [0.2, 0.25) is 0 Å². The van der Waals surface area contributed by atoms with Gasteiger partial charge in [0, 0.05) is 18.3 Å². The van der Waals surface area contributed by atoms with Crippen LogP contribution in [0, 0.1) is 12.8 Å². The van der Waals surface area contributed by atoms with E-state index in [0.29, 0.717) is 12.1 Å². The lowest BCUT2D eigenvalue weighted by Gasteiger charge is -2.31. The average molecular weight is 263 g/mol. The van der Waals surface area contributed by atoms with Gasteiger partial charge in [0.15, 0.2) is 0 Å². The van der Waals surface area contributed by atoms with Gasteiger partial charge in [-0.3, -0.25) is 0 Å². The fourth-order valence-electron chi connectivity index (χ4n) is 3.27. The van der Waals surface area contributed by atoms with Crippen molar-refractivity contribution in [3.8, 4) is 0 Å². The first kappa shape index (κ1) is 14.4. The van der Waals surface area contributed by atoms with E-state index in [1.807, 2.05) is 0 Å². The van der Waals surface area contributed by atoms with Crippen LogP contribution >= 0.6 is 0 Å². The third-order valence-corrected chi connectivity index (χ3v) is 4.38. The van der Waals surface area contributed by atoms with Gasteiger partial charge in [0.25, 0.3) is 0 Å². The van der Waals surface area contributed by atoms with Crippen LogP contribution < -0.4 is 5.32 Å². The lowest BCUT2D eigenvalue weighted by Crippen LogP contribution is -2.31. The van der Waals surface area contributed by atoms with Gasteiger partial charge in [0.1, 0.15) is 0 Å². The Hall–Kier alpha value is -0.990. The number of anilines is 1. The first-order valence-electron chi connectivity index (χ1n) is 7.93. The molecule has 0 aliphatic heterocycles. The molecule has 2 rings (SSSR count). The smallest absolute Gasteiger partial charge is 0.203 e. The number of aryl methyl sites for hydroxylation is 1. The molecule has 3 heteroatoms.